The number of aromatic nitrogens is 2. The number of halogens is 1. The average molecular weight is 253 g/mol. The monoisotopic (exact) mass is 252 g/mol. The Morgan fingerprint density at radius 2 is 2.21 bits per heavy atom. The molecular weight excluding hydrogens is 244 g/mol. The fraction of sp³-hybridized carbons (Fsp3) is 0.100. The van der Waals surface area contributed by atoms with Crippen LogP contribution in [0.25, 0.3) is 11.0 Å². The van der Waals surface area contributed by atoms with Crippen molar-refractivity contribution in [2.24, 2.45) is 0 Å². The van der Waals surface area contributed by atoms with Crippen LogP contribution in [-0.2, 0) is 6.54 Å². The molecule has 0 atom stereocenters. The van der Waals surface area contributed by atoms with Gasteiger partial charge in [-0.25, -0.2) is 4.79 Å². The first-order valence-electron chi connectivity index (χ1n) is 4.19. The van der Waals surface area contributed by atoms with E-state index in [1.165, 1.54) is 0 Å². The number of aromatic amines is 1. The van der Waals surface area contributed by atoms with Gasteiger partial charge in [-0.15, -0.1) is 0 Å². The number of benzene rings is 1. The molecule has 2 aromatic rings. The minimum absolute atomic E-state index is 0.105. The number of fused-ring (bicyclic) bond motifs is 1. The van der Waals surface area contributed by atoms with Gasteiger partial charge >= 0.3 is 5.69 Å². The predicted octanol–water partition coefficient (Wildman–Crippen LogP) is 2.24. The second-order valence-corrected chi connectivity index (χ2v) is 4.17. The Kier molecular flexibility index (Phi) is 2.29. The molecule has 0 spiro atoms. The lowest BCUT2D eigenvalue weighted by Gasteiger charge is -1.99. The van der Waals surface area contributed by atoms with Gasteiger partial charge in [-0.2, -0.15) is 0 Å². The zero-order chi connectivity index (χ0) is 10.1. The smallest absolute Gasteiger partial charge is 0.306 e. The minimum atomic E-state index is -0.105. The minimum Gasteiger partial charge on any atom is -0.306 e. The second kappa shape index (κ2) is 3.46. The van der Waals surface area contributed by atoms with Gasteiger partial charge in [-0.3, -0.25) is 4.57 Å². The van der Waals surface area contributed by atoms with Crippen LogP contribution >= 0.6 is 15.9 Å². The first kappa shape index (κ1) is 9.27. The van der Waals surface area contributed by atoms with Gasteiger partial charge < -0.3 is 4.98 Å². The maximum atomic E-state index is 11.5. The number of imidazole rings is 1. The van der Waals surface area contributed by atoms with Gasteiger partial charge in [0.15, 0.2) is 0 Å². The van der Waals surface area contributed by atoms with Crippen LogP contribution in [0.3, 0.4) is 0 Å². The van der Waals surface area contributed by atoms with Crippen LogP contribution in [0.5, 0.6) is 0 Å². The molecule has 0 saturated carbocycles. The summed E-state index contributed by atoms with van der Waals surface area (Å²) in [7, 11) is 0. The first-order chi connectivity index (χ1) is 6.68. The fourth-order valence-electron chi connectivity index (χ4n) is 1.44. The molecule has 0 aliphatic carbocycles. The summed E-state index contributed by atoms with van der Waals surface area (Å²) < 4.78 is 2.43. The second-order valence-electron chi connectivity index (χ2n) is 3.05. The average Bonchev–Trinajstić information content (AvgIpc) is 2.43. The molecule has 3 nitrogen and oxygen atoms in total. The molecular formula is C10H9BrN2O. The highest BCUT2D eigenvalue weighted by atomic mass is 79.9. The predicted molar refractivity (Wildman–Crippen MR) is 60.6 cm³/mol. The molecule has 0 amide bonds. The topological polar surface area (TPSA) is 37.8 Å². The van der Waals surface area contributed by atoms with E-state index in [-0.39, 0.29) is 5.69 Å². The van der Waals surface area contributed by atoms with Crippen LogP contribution < -0.4 is 5.69 Å². The summed E-state index contributed by atoms with van der Waals surface area (Å²) in [4.78, 5) is 14.3. The maximum Gasteiger partial charge on any atom is 0.326 e. The van der Waals surface area contributed by atoms with Crippen LogP contribution in [0.2, 0.25) is 0 Å². The van der Waals surface area contributed by atoms with Crippen LogP contribution in [0, 0.1) is 0 Å². The van der Waals surface area contributed by atoms with Gasteiger partial charge in [0.2, 0.25) is 0 Å². The van der Waals surface area contributed by atoms with E-state index >= 15 is 0 Å². The molecule has 4 heteroatoms. The van der Waals surface area contributed by atoms with Crippen LogP contribution in [0.15, 0.2) is 40.1 Å². The van der Waals surface area contributed by atoms with Gasteiger partial charge in [0, 0.05) is 4.48 Å². The third-order valence-corrected chi connectivity index (χ3v) is 2.26. The molecule has 0 bridgehead atoms. The molecule has 14 heavy (non-hydrogen) atoms. The van der Waals surface area contributed by atoms with Gasteiger partial charge in [-0.05, 0) is 12.1 Å². The molecule has 1 heterocycles. The van der Waals surface area contributed by atoms with Crippen molar-refractivity contribution in [2.45, 2.75) is 6.54 Å². The van der Waals surface area contributed by atoms with E-state index in [4.69, 9.17) is 0 Å². The van der Waals surface area contributed by atoms with E-state index in [0.29, 0.717) is 6.54 Å². The summed E-state index contributed by atoms with van der Waals surface area (Å²) in [5, 5.41) is 0. The van der Waals surface area contributed by atoms with E-state index in [9.17, 15) is 4.79 Å². The van der Waals surface area contributed by atoms with Crippen molar-refractivity contribution in [1.82, 2.24) is 9.55 Å². The maximum absolute atomic E-state index is 11.5. The summed E-state index contributed by atoms with van der Waals surface area (Å²) in [6.45, 7) is 4.21. The molecule has 0 aliphatic rings. The number of nitrogens with zero attached hydrogens (tertiary/aromatic N) is 1. The SMILES string of the molecule is C=C(Br)Cn1c(=O)[nH]c2ccccc21. The molecule has 72 valence electrons. The fourth-order valence-corrected chi connectivity index (χ4v) is 1.69. The molecule has 2 rings (SSSR count). The first-order valence-corrected chi connectivity index (χ1v) is 4.98. The van der Waals surface area contributed by atoms with E-state index < -0.39 is 0 Å². The molecule has 0 radical (unpaired) electrons. The van der Waals surface area contributed by atoms with Crippen molar-refractivity contribution < 1.29 is 0 Å². The number of allylic oxidation sites excluding steroid dienone is 1. The molecule has 1 aromatic carbocycles. The van der Waals surface area contributed by atoms with Crippen LogP contribution in [-0.4, -0.2) is 9.55 Å². The number of H-pyrrole nitrogens is 1. The van der Waals surface area contributed by atoms with E-state index in [0.717, 1.165) is 15.5 Å². The highest BCUT2D eigenvalue weighted by molar-refractivity contribution is 9.11. The van der Waals surface area contributed by atoms with Crippen molar-refractivity contribution in [1.29, 1.82) is 0 Å². The molecule has 0 aliphatic heterocycles. The van der Waals surface area contributed by atoms with Crippen LogP contribution in [0.4, 0.5) is 0 Å². The summed E-state index contributed by atoms with van der Waals surface area (Å²) in [6.07, 6.45) is 0. The Balaban J connectivity index is 2.68. The Labute approximate surface area is 89.2 Å². The van der Waals surface area contributed by atoms with E-state index in [1.54, 1.807) is 4.57 Å². The molecule has 0 unspecified atom stereocenters. The Bertz CT molecular complexity index is 538. The lowest BCUT2D eigenvalue weighted by molar-refractivity contribution is 0.803. The molecule has 0 saturated heterocycles. The highest BCUT2D eigenvalue weighted by Gasteiger charge is 2.05. The standard InChI is InChI=1S/C10H9BrN2O/c1-7(11)6-13-9-5-3-2-4-8(9)12-10(13)14/h2-5H,1,6H2,(H,12,14). The van der Waals surface area contributed by atoms with Gasteiger partial charge in [0.05, 0.1) is 17.6 Å². The number of rotatable bonds is 2. The third kappa shape index (κ3) is 1.53. The lowest BCUT2D eigenvalue weighted by Crippen LogP contribution is -2.16. The van der Waals surface area contributed by atoms with Gasteiger partial charge in [0.25, 0.3) is 0 Å². The number of hydrogen-bond acceptors (Lipinski definition) is 1. The Morgan fingerprint density at radius 3 is 2.93 bits per heavy atom. The van der Waals surface area contributed by atoms with E-state index in [2.05, 4.69) is 27.5 Å². The number of para-hydroxylation sites is 2. The van der Waals surface area contributed by atoms with Crippen LogP contribution in [0.1, 0.15) is 0 Å². The van der Waals surface area contributed by atoms with Crippen molar-refractivity contribution in [2.75, 3.05) is 0 Å². The number of hydrogen-bond donors (Lipinski definition) is 1. The molecule has 0 fully saturated rings. The molecule has 1 N–H and O–H groups in total. The normalized spacial score (nSPS) is 10.6. The number of nitrogens with one attached hydrogen (secondary N) is 1. The van der Waals surface area contributed by atoms with Crippen molar-refractivity contribution in [3.8, 4) is 0 Å². The molecule has 1 aromatic heterocycles. The zero-order valence-corrected chi connectivity index (χ0v) is 9.04. The quantitative estimate of drug-likeness (QED) is 0.875. The summed E-state index contributed by atoms with van der Waals surface area (Å²) in [5.41, 5.74) is 1.65. The van der Waals surface area contributed by atoms with Crippen molar-refractivity contribution >= 4 is 27.0 Å². The summed E-state index contributed by atoms with van der Waals surface area (Å²) in [5.74, 6) is 0. The lowest BCUT2D eigenvalue weighted by atomic mass is 10.3. The van der Waals surface area contributed by atoms with Gasteiger partial charge in [0.1, 0.15) is 0 Å². The van der Waals surface area contributed by atoms with Gasteiger partial charge in [-0.1, -0.05) is 34.6 Å². The third-order valence-electron chi connectivity index (χ3n) is 2.01. The van der Waals surface area contributed by atoms with Crippen molar-refractivity contribution in [3.63, 3.8) is 0 Å². The van der Waals surface area contributed by atoms with Crippen molar-refractivity contribution in [3.05, 3.63) is 45.8 Å². The Hall–Kier alpha value is -1.29. The van der Waals surface area contributed by atoms with E-state index in [1.807, 2.05) is 24.3 Å². The zero-order valence-electron chi connectivity index (χ0n) is 7.46. The highest BCUT2D eigenvalue weighted by Crippen LogP contribution is 2.12. The largest absolute Gasteiger partial charge is 0.326 e. The summed E-state index contributed by atoms with van der Waals surface area (Å²) >= 11 is 3.25. The summed E-state index contributed by atoms with van der Waals surface area (Å²) in [6, 6.07) is 7.59. The Morgan fingerprint density at radius 1 is 1.50 bits per heavy atom.